The molecule has 1 rings (SSSR count). The number of benzene rings is 1. The minimum Gasteiger partial charge on any atom is -0.271 e. The van der Waals surface area contributed by atoms with Crippen LogP contribution in [0.5, 0.6) is 0 Å². The Morgan fingerprint density at radius 1 is 1.33 bits per heavy atom. The van der Waals surface area contributed by atoms with Crippen LogP contribution in [0.25, 0.3) is 0 Å². The van der Waals surface area contributed by atoms with Crippen LogP contribution in [0.2, 0.25) is 0 Å². The molecule has 0 aliphatic carbocycles. The molecule has 0 amide bonds. The number of hydrogen-bond donors (Lipinski definition) is 2. The molecule has 1 atom stereocenters. The molecule has 2 nitrogen and oxygen atoms in total. The highest BCUT2D eigenvalue weighted by atomic mass is 19.4. The van der Waals surface area contributed by atoms with E-state index in [-0.39, 0.29) is 5.56 Å². The predicted octanol–water partition coefficient (Wildman–Crippen LogP) is 3.01. The van der Waals surface area contributed by atoms with Crippen LogP contribution in [0.1, 0.15) is 36.9 Å². The first-order valence-corrected chi connectivity index (χ1v) is 5.52. The van der Waals surface area contributed by atoms with Gasteiger partial charge in [0.1, 0.15) is 0 Å². The summed E-state index contributed by atoms with van der Waals surface area (Å²) < 4.78 is 38.5. The standard InChI is InChI=1S/C13H15F3N2/c1-2-3-4-9-12(18-17)10-7-5-6-8-11(10)13(14,15)16/h5-8,12,18H,4,9,17H2,1H3. The molecule has 0 bridgehead atoms. The molecule has 0 aromatic heterocycles. The molecule has 0 aliphatic heterocycles. The van der Waals surface area contributed by atoms with E-state index in [0.717, 1.165) is 6.07 Å². The maximum absolute atomic E-state index is 12.8. The molecular formula is C13H15F3N2. The molecule has 0 heterocycles. The van der Waals surface area contributed by atoms with E-state index in [4.69, 9.17) is 5.84 Å². The fraction of sp³-hybridized carbons (Fsp3) is 0.385. The van der Waals surface area contributed by atoms with E-state index >= 15 is 0 Å². The zero-order chi connectivity index (χ0) is 13.6. The minimum atomic E-state index is -4.37. The molecule has 1 aromatic rings. The lowest BCUT2D eigenvalue weighted by molar-refractivity contribution is -0.138. The second-order valence-electron chi connectivity index (χ2n) is 3.77. The molecule has 0 saturated carbocycles. The van der Waals surface area contributed by atoms with Gasteiger partial charge in [0.15, 0.2) is 0 Å². The van der Waals surface area contributed by atoms with E-state index in [9.17, 15) is 13.2 Å². The molecule has 1 unspecified atom stereocenters. The van der Waals surface area contributed by atoms with E-state index < -0.39 is 17.8 Å². The predicted molar refractivity (Wildman–Crippen MR) is 64.2 cm³/mol. The van der Waals surface area contributed by atoms with Crippen LogP contribution in [0.4, 0.5) is 13.2 Å². The average Bonchev–Trinajstić information content (AvgIpc) is 2.34. The number of rotatable bonds is 4. The van der Waals surface area contributed by atoms with Gasteiger partial charge in [-0.25, -0.2) is 0 Å². The first kappa shape index (κ1) is 14.6. The first-order valence-electron chi connectivity index (χ1n) is 5.52. The van der Waals surface area contributed by atoms with Gasteiger partial charge in [0.2, 0.25) is 0 Å². The highest BCUT2D eigenvalue weighted by Gasteiger charge is 2.34. The van der Waals surface area contributed by atoms with Crippen molar-refractivity contribution in [3.05, 3.63) is 35.4 Å². The summed E-state index contributed by atoms with van der Waals surface area (Å²) in [5.74, 6) is 10.9. The SMILES string of the molecule is CC#CCCC(NN)c1ccccc1C(F)(F)F. The molecule has 3 N–H and O–H groups in total. The highest BCUT2D eigenvalue weighted by molar-refractivity contribution is 5.32. The minimum absolute atomic E-state index is 0.158. The van der Waals surface area contributed by atoms with Gasteiger partial charge in [0.05, 0.1) is 5.56 Å². The van der Waals surface area contributed by atoms with Gasteiger partial charge in [-0.1, -0.05) is 18.2 Å². The second kappa shape index (κ2) is 6.43. The van der Waals surface area contributed by atoms with Gasteiger partial charge in [0, 0.05) is 12.5 Å². The molecule has 0 spiro atoms. The van der Waals surface area contributed by atoms with Crippen LogP contribution in [0, 0.1) is 11.8 Å². The number of nitrogens with two attached hydrogens (primary N) is 1. The quantitative estimate of drug-likeness (QED) is 0.493. The summed E-state index contributed by atoms with van der Waals surface area (Å²) in [7, 11) is 0. The van der Waals surface area contributed by atoms with Gasteiger partial charge < -0.3 is 0 Å². The maximum atomic E-state index is 12.8. The summed E-state index contributed by atoms with van der Waals surface area (Å²) >= 11 is 0. The van der Waals surface area contributed by atoms with Gasteiger partial charge >= 0.3 is 6.18 Å². The lowest BCUT2D eigenvalue weighted by Gasteiger charge is -2.20. The Hall–Kier alpha value is -1.51. The largest absolute Gasteiger partial charge is 0.416 e. The topological polar surface area (TPSA) is 38.0 Å². The number of hydrogen-bond acceptors (Lipinski definition) is 2. The zero-order valence-electron chi connectivity index (χ0n) is 10.0. The lowest BCUT2D eigenvalue weighted by atomic mass is 9.97. The number of hydrazine groups is 1. The van der Waals surface area contributed by atoms with E-state index in [1.165, 1.54) is 12.1 Å². The zero-order valence-corrected chi connectivity index (χ0v) is 10.0. The molecule has 0 radical (unpaired) electrons. The third-order valence-corrected chi connectivity index (χ3v) is 2.58. The summed E-state index contributed by atoms with van der Waals surface area (Å²) in [6.45, 7) is 1.69. The smallest absolute Gasteiger partial charge is 0.271 e. The van der Waals surface area contributed by atoms with E-state index in [1.807, 2.05) is 0 Å². The van der Waals surface area contributed by atoms with E-state index in [2.05, 4.69) is 17.3 Å². The summed E-state index contributed by atoms with van der Waals surface area (Å²) in [5, 5.41) is 0. The van der Waals surface area contributed by atoms with Crippen LogP contribution < -0.4 is 11.3 Å². The lowest BCUT2D eigenvalue weighted by Crippen LogP contribution is -2.29. The Morgan fingerprint density at radius 2 is 2.00 bits per heavy atom. The van der Waals surface area contributed by atoms with Crippen molar-refractivity contribution in [3.8, 4) is 11.8 Å². The molecule has 0 saturated heterocycles. The Morgan fingerprint density at radius 3 is 2.56 bits per heavy atom. The van der Waals surface area contributed by atoms with Crippen LogP contribution in [-0.4, -0.2) is 0 Å². The van der Waals surface area contributed by atoms with Gasteiger partial charge in [-0.3, -0.25) is 11.3 Å². The van der Waals surface area contributed by atoms with Crippen molar-refractivity contribution in [2.75, 3.05) is 0 Å². The molecule has 98 valence electrons. The van der Waals surface area contributed by atoms with Crippen molar-refractivity contribution in [2.45, 2.75) is 32.0 Å². The van der Waals surface area contributed by atoms with E-state index in [0.29, 0.717) is 12.8 Å². The molecule has 5 heteroatoms. The van der Waals surface area contributed by atoms with Crippen molar-refractivity contribution < 1.29 is 13.2 Å². The van der Waals surface area contributed by atoms with Crippen molar-refractivity contribution >= 4 is 0 Å². The third-order valence-electron chi connectivity index (χ3n) is 2.58. The monoisotopic (exact) mass is 256 g/mol. The highest BCUT2D eigenvalue weighted by Crippen LogP contribution is 2.35. The Kier molecular flexibility index (Phi) is 5.20. The summed E-state index contributed by atoms with van der Waals surface area (Å²) in [6.07, 6.45) is -3.44. The fourth-order valence-corrected chi connectivity index (χ4v) is 1.73. The molecular weight excluding hydrogens is 241 g/mol. The number of nitrogens with one attached hydrogen (secondary N) is 1. The van der Waals surface area contributed by atoms with E-state index in [1.54, 1.807) is 13.0 Å². The van der Waals surface area contributed by atoms with Gasteiger partial charge in [-0.15, -0.1) is 11.8 Å². The van der Waals surface area contributed by atoms with Crippen molar-refractivity contribution in [3.63, 3.8) is 0 Å². The summed E-state index contributed by atoms with van der Waals surface area (Å²) in [6, 6.07) is 4.88. The average molecular weight is 256 g/mol. The summed E-state index contributed by atoms with van der Waals surface area (Å²) in [4.78, 5) is 0. The van der Waals surface area contributed by atoms with Gasteiger partial charge in [-0.05, 0) is 25.0 Å². The molecule has 18 heavy (non-hydrogen) atoms. The summed E-state index contributed by atoms with van der Waals surface area (Å²) in [5.41, 5.74) is 1.92. The number of alkyl halides is 3. The number of halogens is 3. The first-order chi connectivity index (χ1) is 8.50. The van der Waals surface area contributed by atoms with Crippen LogP contribution >= 0.6 is 0 Å². The third kappa shape index (κ3) is 3.76. The van der Waals surface area contributed by atoms with Crippen LogP contribution in [0.15, 0.2) is 24.3 Å². The Labute approximate surface area is 104 Å². The van der Waals surface area contributed by atoms with Crippen LogP contribution in [0.3, 0.4) is 0 Å². The normalized spacial score (nSPS) is 12.7. The van der Waals surface area contributed by atoms with Gasteiger partial charge in [-0.2, -0.15) is 13.2 Å². The van der Waals surface area contributed by atoms with Crippen molar-refractivity contribution in [1.29, 1.82) is 0 Å². The van der Waals surface area contributed by atoms with Gasteiger partial charge in [0.25, 0.3) is 0 Å². The Balaban J connectivity index is 3.00. The maximum Gasteiger partial charge on any atom is 0.416 e. The van der Waals surface area contributed by atoms with Crippen LogP contribution in [-0.2, 0) is 6.18 Å². The second-order valence-corrected chi connectivity index (χ2v) is 3.77. The van der Waals surface area contributed by atoms with Crippen molar-refractivity contribution in [2.24, 2.45) is 5.84 Å². The van der Waals surface area contributed by atoms with Crippen molar-refractivity contribution in [1.82, 2.24) is 5.43 Å². The fourth-order valence-electron chi connectivity index (χ4n) is 1.73. The molecule has 0 fully saturated rings. The molecule has 1 aromatic carbocycles. The molecule has 0 aliphatic rings. The Bertz CT molecular complexity index is 444.